The molecule has 1 amide bonds. The maximum atomic E-state index is 12.0. The number of halogens is 1. The summed E-state index contributed by atoms with van der Waals surface area (Å²) < 4.78 is 4.97. The number of fused-ring (bicyclic) bond motifs is 1. The third kappa shape index (κ3) is 3.19. The minimum atomic E-state index is -1.15. The quantitative estimate of drug-likeness (QED) is 0.663. The first-order valence-electron chi connectivity index (χ1n) is 6.74. The molecule has 0 spiro atoms. The molecular formula is C15H12ClN3O4. The summed E-state index contributed by atoms with van der Waals surface area (Å²) >= 11 is 5.61. The average Bonchev–Trinajstić information content (AvgIpc) is 3.13. The molecule has 3 aromatic rings. The van der Waals surface area contributed by atoms with E-state index in [0.29, 0.717) is 11.1 Å². The molecule has 1 atom stereocenters. The Morgan fingerprint density at radius 2 is 2.22 bits per heavy atom. The standard InChI is InChI=1S/C15H12ClN3O4/c16-12-4-3-11(23-12)14(20)19-10(15(21)22)6-8-7-18-9-2-1-5-17-13(8)9/h1-5,7,10,18H,6H2,(H,19,20)(H,21,22). The van der Waals surface area contributed by atoms with E-state index in [-0.39, 0.29) is 17.4 Å². The van der Waals surface area contributed by atoms with Crippen LogP contribution in [0.5, 0.6) is 0 Å². The molecule has 0 saturated heterocycles. The van der Waals surface area contributed by atoms with E-state index in [1.54, 1.807) is 18.5 Å². The lowest BCUT2D eigenvalue weighted by molar-refractivity contribution is -0.139. The molecule has 0 aromatic carbocycles. The van der Waals surface area contributed by atoms with Gasteiger partial charge in [-0.3, -0.25) is 9.78 Å². The van der Waals surface area contributed by atoms with Crippen molar-refractivity contribution >= 4 is 34.5 Å². The molecule has 23 heavy (non-hydrogen) atoms. The molecule has 0 aliphatic heterocycles. The normalized spacial score (nSPS) is 12.2. The number of rotatable bonds is 5. The minimum Gasteiger partial charge on any atom is -0.480 e. The molecule has 7 nitrogen and oxygen atoms in total. The fourth-order valence-corrected chi connectivity index (χ4v) is 2.40. The first-order valence-corrected chi connectivity index (χ1v) is 7.12. The van der Waals surface area contributed by atoms with E-state index < -0.39 is 17.9 Å². The van der Waals surface area contributed by atoms with Gasteiger partial charge in [0.15, 0.2) is 11.0 Å². The van der Waals surface area contributed by atoms with E-state index in [1.807, 2.05) is 6.07 Å². The van der Waals surface area contributed by atoms with Crippen molar-refractivity contribution in [3.63, 3.8) is 0 Å². The highest BCUT2D eigenvalue weighted by Gasteiger charge is 2.24. The van der Waals surface area contributed by atoms with Gasteiger partial charge in [-0.1, -0.05) is 0 Å². The zero-order chi connectivity index (χ0) is 16.4. The highest BCUT2D eigenvalue weighted by Crippen LogP contribution is 2.17. The summed E-state index contributed by atoms with van der Waals surface area (Å²) in [4.78, 5) is 30.7. The van der Waals surface area contributed by atoms with Crippen LogP contribution in [0.2, 0.25) is 5.22 Å². The number of carboxylic acid groups (broad SMARTS) is 1. The molecule has 118 valence electrons. The van der Waals surface area contributed by atoms with Gasteiger partial charge >= 0.3 is 5.97 Å². The number of carbonyl (C=O) groups is 2. The van der Waals surface area contributed by atoms with Crippen LogP contribution >= 0.6 is 11.6 Å². The van der Waals surface area contributed by atoms with Gasteiger partial charge in [-0.05, 0) is 41.4 Å². The maximum absolute atomic E-state index is 12.0. The zero-order valence-electron chi connectivity index (χ0n) is 11.7. The molecule has 8 heteroatoms. The Hall–Kier alpha value is -2.80. The molecule has 0 saturated carbocycles. The summed E-state index contributed by atoms with van der Waals surface area (Å²) in [6.45, 7) is 0. The molecular weight excluding hydrogens is 322 g/mol. The van der Waals surface area contributed by atoms with Crippen molar-refractivity contribution in [2.75, 3.05) is 0 Å². The predicted octanol–water partition coefficient (Wildman–Crippen LogP) is 2.24. The van der Waals surface area contributed by atoms with E-state index in [1.165, 1.54) is 12.1 Å². The lowest BCUT2D eigenvalue weighted by Gasteiger charge is -2.13. The van der Waals surface area contributed by atoms with E-state index in [2.05, 4.69) is 15.3 Å². The van der Waals surface area contributed by atoms with Gasteiger partial charge in [0.2, 0.25) is 0 Å². The molecule has 0 radical (unpaired) electrons. The van der Waals surface area contributed by atoms with Crippen molar-refractivity contribution in [1.29, 1.82) is 0 Å². The number of H-pyrrole nitrogens is 1. The second kappa shape index (κ2) is 6.13. The Morgan fingerprint density at radius 3 is 2.91 bits per heavy atom. The molecule has 3 heterocycles. The Morgan fingerprint density at radius 1 is 1.39 bits per heavy atom. The summed E-state index contributed by atoms with van der Waals surface area (Å²) in [5.74, 6) is -1.84. The summed E-state index contributed by atoms with van der Waals surface area (Å²) in [6.07, 6.45) is 3.40. The van der Waals surface area contributed by atoms with Crippen molar-refractivity contribution in [3.05, 3.63) is 53.2 Å². The number of pyridine rings is 1. The summed E-state index contributed by atoms with van der Waals surface area (Å²) in [5, 5.41) is 11.8. The number of nitrogens with zero attached hydrogens (tertiary/aromatic N) is 1. The van der Waals surface area contributed by atoms with Gasteiger partial charge in [0.05, 0.1) is 11.0 Å². The Labute approximate surface area is 135 Å². The number of amides is 1. The van der Waals surface area contributed by atoms with Gasteiger partial charge in [0.1, 0.15) is 6.04 Å². The maximum Gasteiger partial charge on any atom is 0.326 e. The number of hydrogen-bond acceptors (Lipinski definition) is 4. The number of aromatic amines is 1. The third-order valence-electron chi connectivity index (χ3n) is 3.34. The smallest absolute Gasteiger partial charge is 0.326 e. The van der Waals surface area contributed by atoms with E-state index in [4.69, 9.17) is 16.0 Å². The number of aromatic nitrogens is 2. The van der Waals surface area contributed by atoms with Crippen LogP contribution in [0.15, 0.2) is 41.1 Å². The van der Waals surface area contributed by atoms with Crippen molar-refractivity contribution in [2.24, 2.45) is 0 Å². The molecule has 1 unspecified atom stereocenters. The molecule has 0 bridgehead atoms. The second-order valence-corrected chi connectivity index (χ2v) is 5.26. The number of furan rings is 1. The number of nitrogens with one attached hydrogen (secondary N) is 2. The molecule has 3 aromatic heterocycles. The van der Waals surface area contributed by atoms with Crippen LogP contribution in [0.4, 0.5) is 0 Å². The van der Waals surface area contributed by atoms with Crippen molar-refractivity contribution < 1.29 is 19.1 Å². The summed E-state index contributed by atoms with van der Waals surface area (Å²) in [7, 11) is 0. The number of carboxylic acids is 1. The van der Waals surface area contributed by atoms with Crippen LogP contribution in [0.25, 0.3) is 11.0 Å². The zero-order valence-corrected chi connectivity index (χ0v) is 12.5. The highest BCUT2D eigenvalue weighted by molar-refractivity contribution is 6.29. The van der Waals surface area contributed by atoms with E-state index in [0.717, 1.165) is 5.52 Å². The fraction of sp³-hybridized carbons (Fsp3) is 0.133. The number of aliphatic carboxylic acids is 1. The van der Waals surface area contributed by atoms with Crippen LogP contribution < -0.4 is 5.32 Å². The highest BCUT2D eigenvalue weighted by atomic mass is 35.5. The van der Waals surface area contributed by atoms with Gasteiger partial charge in [-0.25, -0.2) is 4.79 Å². The largest absolute Gasteiger partial charge is 0.480 e. The van der Waals surface area contributed by atoms with Crippen LogP contribution in [0.1, 0.15) is 16.1 Å². The molecule has 3 rings (SSSR count). The van der Waals surface area contributed by atoms with Crippen molar-refractivity contribution in [3.8, 4) is 0 Å². The van der Waals surface area contributed by atoms with Crippen molar-refractivity contribution in [2.45, 2.75) is 12.5 Å². The average molecular weight is 334 g/mol. The summed E-state index contributed by atoms with van der Waals surface area (Å²) in [5.41, 5.74) is 2.18. The first kappa shape index (κ1) is 15.1. The van der Waals surface area contributed by atoms with Crippen molar-refractivity contribution in [1.82, 2.24) is 15.3 Å². The SMILES string of the molecule is O=C(NC(Cc1c[nH]c2cccnc12)C(=O)O)c1ccc(Cl)o1. The minimum absolute atomic E-state index is 0.0432. The van der Waals surface area contributed by atoms with Crippen LogP contribution in [-0.2, 0) is 11.2 Å². The predicted molar refractivity (Wildman–Crippen MR) is 82.4 cm³/mol. The van der Waals surface area contributed by atoms with Gasteiger partial charge in [-0.15, -0.1) is 0 Å². The van der Waals surface area contributed by atoms with Gasteiger partial charge < -0.3 is 19.8 Å². The number of hydrogen-bond donors (Lipinski definition) is 3. The second-order valence-electron chi connectivity index (χ2n) is 4.89. The lowest BCUT2D eigenvalue weighted by atomic mass is 10.1. The van der Waals surface area contributed by atoms with Gasteiger partial charge in [0.25, 0.3) is 5.91 Å². The lowest BCUT2D eigenvalue weighted by Crippen LogP contribution is -2.42. The van der Waals surface area contributed by atoms with Gasteiger partial charge in [0, 0.05) is 18.8 Å². The Balaban J connectivity index is 1.79. The third-order valence-corrected chi connectivity index (χ3v) is 3.54. The van der Waals surface area contributed by atoms with E-state index in [9.17, 15) is 14.7 Å². The fourth-order valence-electron chi connectivity index (χ4n) is 2.25. The van der Waals surface area contributed by atoms with Gasteiger partial charge in [-0.2, -0.15) is 0 Å². The monoisotopic (exact) mass is 333 g/mol. The number of carbonyl (C=O) groups excluding carboxylic acids is 1. The topological polar surface area (TPSA) is 108 Å². The van der Waals surface area contributed by atoms with E-state index >= 15 is 0 Å². The Kier molecular flexibility index (Phi) is 4.03. The molecule has 0 aliphatic rings. The van der Waals surface area contributed by atoms with Crippen LogP contribution in [0.3, 0.4) is 0 Å². The molecule has 0 fully saturated rings. The van der Waals surface area contributed by atoms with Crippen LogP contribution in [0, 0.1) is 0 Å². The first-order chi connectivity index (χ1) is 11.0. The van der Waals surface area contributed by atoms with Crippen LogP contribution in [-0.4, -0.2) is 33.0 Å². The molecule has 0 aliphatic carbocycles. The Bertz CT molecular complexity index is 870. The molecule has 3 N–H and O–H groups in total. The summed E-state index contributed by atoms with van der Waals surface area (Å²) in [6, 6.07) is 5.29.